The highest BCUT2D eigenvalue weighted by molar-refractivity contribution is 14.0. The number of nitrogens with zero attached hydrogens (tertiary/aromatic N) is 3. The van der Waals surface area contributed by atoms with Crippen LogP contribution in [-0.2, 0) is 6.54 Å². The molecule has 1 fully saturated rings. The monoisotopic (exact) mass is 482 g/mol. The molecule has 1 unspecified atom stereocenters. The van der Waals surface area contributed by atoms with Crippen LogP contribution in [0.1, 0.15) is 62.0 Å². The zero-order chi connectivity index (χ0) is 18.4. The largest absolute Gasteiger partial charge is 0.359 e. The molecule has 148 valence electrons. The van der Waals surface area contributed by atoms with Gasteiger partial charge in [0.2, 0.25) is 0 Å². The normalized spacial score (nSPS) is 17.3. The average Bonchev–Trinajstić information content (AvgIpc) is 3.35. The van der Waals surface area contributed by atoms with Crippen molar-refractivity contribution in [1.82, 2.24) is 15.4 Å². The maximum absolute atomic E-state index is 5.51. The number of benzene rings is 1. The summed E-state index contributed by atoms with van der Waals surface area (Å²) in [6.07, 6.45) is 3.34. The fourth-order valence-electron chi connectivity index (χ4n) is 3.76. The van der Waals surface area contributed by atoms with Gasteiger partial charge in [0.25, 0.3) is 0 Å². The summed E-state index contributed by atoms with van der Waals surface area (Å²) in [5, 5.41) is 7.67. The van der Waals surface area contributed by atoms with E-state index in [4.69, 9.17) is 4.52 Å². The van der Waals surface area contributed by atoms with Crippen LogP contribution in [0.5, 0.6) is 0 Å². The zero-order valence-corrected chi connectivity index (χ0v) is 18.8. The van der Waals surface area contributed by atoms with Gasteiger partial charge in [-0.1, -0.05) is 49.3 Å². The van der Waals surface area contributed by atoms with Crippen molar-refractivity contribution in [3.8, 4) is 0 Å². The number of hydrogen-bond acceptors (Lipinski definition) is 3. The Labute approximate surface area is 179 Å². The van der Waals surface area contributed by atoms with Crippen LogP contribution in [0.25, 0.3) is 0 Å². The van der Waals surface area contributed by atoms with E-state index in [1.807, 2.05) is 7.05 Å². The molecule has 5 nitrogen and oxygen atoms in total. The molecular formula is C21H31IN4O. The molecule has 27 heavy (non-hydrogen) atoms. The molecular weight excluding hydrogens is 451 g/mol. The van der Waals surface area contributed by atoms with Gasteiger partial charge in [-0.05, 0) is 24.8 Å². The van der Waals surface area contributed by atoms with E-state index in [0.29, 0.717) is 18.4 Å². The fourth-order valence-corrected chi connectivity index (χ4v) is 3.76. The van der Waals surface area contributed by atoms with Crippen molar-refractivity contribution >= 4 is 29.9 Å². The van der Waals surface area contributed by atoms with Crippen LogP contribution in [0.2, 0.25) is 0 Å². The van der Waals surface area contributed by atoms with Crippen molar-refractivity contribution in [2.45, 2.75) is 51.5 Å². The van der Waals surface area contributed by atoms with Gasteiger partial charge in [-0.2, -0.15) is 0 Å². The molecule has 3 rings (SSSR count). The lowest BCUT2D eigenvalue weighted by atomic mass is 9.99. The first kappa shape index (κ1) is 21.7. The Bertz CT molecular complexity index is 712. The van der Waals surface area contributed by atoms with E-state index in [9.17, 15) is 0 Å². The number of aliphatic imine (C=N–C) groups is 1. The Morgan fingerprint density at radius 2 is 2.04 bits per heavy atom. The Morgan fingerprint density at radius 3 is 2.70 bits per heavy atom. The second-order valence-corrected chi connectivity index (χ2v) is 6.97. The lowest BCUT2D eigenvalue weighted by Gasteiger charge is -2.21. The Balaban J connectivity index is 0.00000261. The number of halogens is 1. The molecule has 6 heteroatoms. The molecule has 1 atom stereocenters. The van der Waals surface area contributed by atoms with Gasteiger partial charge < -0.3 is 14.7 Å². The number of rotatable bonds is 6. The summed E-state index contributed by atoms with van der Waals surface area (Å²) in [7, 11) is 1.84. The van der Waals surface area contributed by atoms with Gasteiger partial charge in [0.15, 0.2) is 11.7 Å². The molecule has 0 spiro atoms. The zero-order valence-electron chi connectivity index (χ0n) is 16.5. The highest BCUT2D eigenvalue weighted by Gasteiger charge is 2.26. The molecule has 0 radical (unpaired) electrons. The van der Waals surface area contributed by atoms with Crippen LogP contribution < -0.4 is 5.32 Å². The molecule has 2 heterocycles. The van der Waals surface area contributed by atoms with E-state index in [0.717, 1.165) is 49.8 Å². The molecule has 1 aromatic carbocycles. The van der Waals surface area contributed by atoms with Crippen LogP contribution in [0.15, 0.2) is 45.9 Å². The molecule has 1 saturated heterocycles. The Hall–Kier alpha value is -1.57. The van der Waals surface area contributed by atoms with Crippen LogP contribution in [-0.4, -0.2) is 36.2 Å². The first-order valence-electron chi connectivity index (χ1n) is 9.71. The van der Waals surface area contributed by atoms with Crippen molar-refractivity contribution in [2.75, 3.05) is 20.1 Å². The molecule has 0 bridgehead atoms. The Kier molecular flexibility index (Phi) is 8.60. The number of guanidine groups is 1. The van der Waals surface area contributed by atoms with Gasteiger partial charge in [0.05, 0.1) is 12.2 Å². The molecule has 1 aliphatic rings. The lowest BCUT2D eigenvalue weighted by Crippen LogP contribution is -2.39. The topological polar surface area (TPSA) is 53.7 Å². The molecule has 0 amide bonds. The third kappa shape index (κ3) is 5.46. The van der Waals surface area contributed by atoms with Crippen LogP contribution in [0.3, 0.4) is 0 Å². The Morgan fingerprint density at radius 1 is 1.30 bits per heavy atom. The second kappa shape index (κ2) is 10.7. The highest BCUT2D eigenvalue weighted by atomic mass is 127. The molecule has 2 aromatic rings. The number of likely N-dealkylation sites (tertiary alicyclic amines) is 1. The maximum Gasteiger partial charge on any atom is 0.194 e. The number of aromatic nitrogens is 1. The minimum Gasteiger partial charge on any atom is -0.359 e. The number of hydrogen-bond donors (Lipinski definition) is 1. The average molecular weight is 482 g/mol. The number of nitrogens with one attached hydrogen (secondary N) is 1. The first-order valence-corrected chi connectivity index (χ1v) is 9.71. The minimum atomic E-state index is 0. The van der Waals surface area contributed by atoms with Gasteiger partial charge in [0.1, 0.15) is 0 Å². The highest BCUT2D eigenvalue weighted by Crippen LogP contribution is 2.27. The summed E-state index contributed by atoms with van der Waals surface area (Å²) in [6.45, 7) is 7.03. The summed E-state index contributed by atoms with van der Waals surface area (Å²) in [4.78, 5) is 6.79. The van der Waals surface area contributed by atoms with Crippen LogP contribution in [0.4, 0.5) is 0 Å². The summed E-state index contributed by atoms with van der Waals surface area (Å²) in [5.74, 6) is 2.86. The van der Waals surface area contributed by atoms with Gasteiger partial charge in [-0.25, -0.2) is 0 Å². The third-order valence-electron chi connectivity index (χ3n) is 5.37. The minimum absolute atomic E-state index is 0. The predicted molar refractivity (Wildman–Crippen MR) is 121 cm³/mol. The van der Waals surface area contributed by atoms with Gasteiger partial charge in [0, 0.05) is 38.0 Å². The SMILES string of the molecule is CCC(CC)c1cc(CNC(=NC)N2CCC(c3ccccc3)C2)on1.I. The smallest absolute Gasteiger partial charge is 0.194 e. The van der Waals surface area contributed by atoms with E-state index in [1.165, 1.54) is 5.56 Å². The predicted octanol–water partition coefficient (Wildman–Crippen LogP) is 4.76. The van der Waals surface area contributed by atoms with E-state index in [-0.39, 0.29) is 24.0 Å². The standard InChI is InChI=1S/C21H30N4O.HI/c1-4-16(5-2)20-13-19(26-24-20)14-23-21(22-3)25-12-11-18(15-25)17-9-7-6-8-10-17;/h6-10,13,16,18H,4-5,11-12,14-15H2,1-3H3,(H,22,23);1H. The van der Waals surface area contributed by atoms with Crippen molar-refractivity contribution in [3.05, 3.63) is 53.4 Å². The summed E-state index contributed by atoms with van der Waals surface area (Å²) < 4.78 is 5.51. The van der Waals surface area contributed by atoms with E-state index in [1.54, 1.807) is 0 Å². The summed E-state index contributed by atoms with van der Waals surface area (Å²) >= 11 is 0. The van der Waals surface area contributed by atoms with Gasteiger partial charge in [-0.3, -0.25) is 4.99 Å². The summed E-state index contributed by atoms with van der Waals surface area (Å²) in [6, 6.07) is 12.8. The van der Waals surface area contributed by atoms with Crippen molar-refractivity contribution in [3.63, 3.8) is 0 Å². The molecule has 1 aromatic heterocycles. The maximum atomic E-state index is 5.51. The molecule has 0 saturated carbocycles. The van der Waals surface area contributed by atoms with Gasteiger partial charge >= 0.3 is 0 Å². The van der Waals surface area contributed by atoms with Crippen molar-refractivity contribution < 1.29 is 4.52 Å². The summed E-state index contributed by atoms with van der Waals surface area (Å²) in [5.41, 5.74) is 2.47. The quantitative estimate of drug-likeness (QED) is 0.367. The van der Waals surface area contributed by atoms with Gasteiger partial charge in [-0.15, -0.1) is 24.0 Å². The van der Waals surface area contributed by atoms with Crippen LogP contribution >= 0.6 is 24.0 Å². The second-order valence-electron chi connectivity index (χ2n) is 6.97. The van der Waals surface area contributed by atoms with Crippen molar-refractivity contribution in [1.29, 1.82) is 0 Å². The van der Waals surface area contributed by atoms with E-state index >= 15 is 0 Å². The van der Waals surface area contributed by atoms with Crippen molar-refractivity contribution in [2.24, 2.45) is 4.99 Å². The van der Waals surface area contributed by atoms with E-state index < -0.39 is 0 Å². The molecule has 1 N–H and O–H groups in total. The molecule has 0 aliphatic carbocycles. The molecule has 1 aliphatic heterocycles. The first-order chi connectivity index (χ1) is 12.7. The lowest BCUT2D eigenvalue weighted by molar-refractivity contribution is 0.365. The third-order valence-corrected chi connectivity index (χ3v) is 5.37. The van der Waals surface area contributed by atoms with Crippen LogP contribution in [0, 0.1) is 0 Å². The fraction of sp³-hybridized carbons (Fsp3) is 0.524. The van der Waals surface area contributed by atoms with E-state index in [2.05, 4.69) is 70.6 Å².